The summed E-state index contributed by atoms with van der Waals surface area (Å²) in [4.78, 5) is 17.5. The van der Waals surface area contributed by atoms with Gasteiger partial charge in [0.2, 0.25) is 5.91 Å². The van der Waals surface area contributed by atoms with Crippen LogP contribution in [0.25, 0.3) is 0 Å². The second-order valence-electron chi connectivity index (χ2n) is 4.75. The summed E-state index contributed by atoms with van der Waals surface area (Å²) in [7, 11) is 0. The van der Waals surface area contributed by atoms with E-state index < -0.39 is 6.04 Å². The minimum Gasteiger partial charge on any atom is -0.369 e. The number of hydrogen-bond acceptors (Lipinski definition) is 6. The summed E-state index contributed by atoms with van der Waals surface area (Å²) >= 11 is 0. The van der Waals surface area contributed by atoms with Gasteiger partial charge in [-0.2, -0.15) is 10.5 Å². The van der Waals surface area contributed by atoms with Crippen LogP contribution in [0.5, 0.6) is 0 Å². The maximum absolute atomic E-state index is 12.0. The number of anilines is 1. The molecular weight excluding hydrogens is 292 g/mol. The molecular formula is C16H16N6O. The Labute approximate surface area is 134 Å². The zero-order valence-corrected chi connectivity index (χ0v) is 12.4. The van der Waals surface area contributed by atoms with Crippen molar-refractivity contribution in [3.8, 4) is 12.1 Å². The maximum Gasteiger partial charge on any atom is 0.241 e. The fourth-order valence-electron chi connectivity index (χ4n) is 1.97. The number of rotatable bonds is 6. The molecule has 2 rings (SSSR count). The lowest BCUT2D eigenvalue weighted by atomic mass is 10.2. The number of nitrogens with one attached hydrogen (secondary N) is 2. The molecule has 23 heavy (non-hydrogen) atoms. The molecule has 1 amide bonds. The van der Waals surface area contributed by atoms with Crippen LogP contribution in [0, 0.1) is 22.7 Å². The molecule has 0 spiro atoms. The number of carbonyl (C=O) groups is 1. The van der Waals surface area contributed by atoms with Crippen LogP contribution in [0.3, 0.4) is 0 Å². The van der Waals surface area contributed by atoms with E-state index in [1.807, 2.05) is 6.07 Å². The summed E-state index contributed by atoms with van der Waals surface area (Å²) in [5.74, 6) is 0.513. The summed E-state index contributed by atoms with van der Waals surface area (Å²) in [6.07, 6.45) is 8.26. The van der Waals surface area contributed by atoms with Gasteiger partial charge in [-0.1, -0.05) is 6.08 Å². The lowest BCUT2D eigenvalue weighted by molar-refractivity contribution is -0.128. The highest BCUT2D eigenvalue weighted by Gasteiger charge is 2.19. The Kier molecular flexibility index (Phi) is 5.87. The number of amides is 1. The van der Waals surface area contributed by atoms with E-state index in [-0.39, 0.29) is 12.5 Å². The largest absolute Gasteiger partial charge is 0.369 e. The van der Waals surface area contributed by atoms with Crippen LogP contribution in [0.4, 0.5) is 5.82 Å². The van der Waals surface area contributed by atoms with Crippen molar-refractivity contribution in [1.82, 2.24) is 15.2 Å². The maximum atomic E-state index is 12.0. The van der Waals surface area contributed by atoms with Crippen molar-refractivity contribution in [3.63, 3.8) is 0 Å². The Hall–Kier alpha value is -3.16. The normalized spacial score (nSPS) is 15.7. The number of carbonyl (C=O) groups excluding carboxylic acids is 1. The Morgan fingerprint density at radius 1 is 1.30 bits per heavy atom. The SMILES string of the molecule is N#Cc1ccc(NCCNCC(=O)N2C=CC=C[C@H]2C#N)nc1. The summed E-state index contributed by atoms with van der Waals surface area (Å²) in [6, 6.07) is 6.93. The summed E-state index contributed by atoms with van der Waals surface area (Å²) < 4.78 is 0. The number of pyridine rings is 1. The first-order chi connectivity index (χ1) is 11.2. The van der Waals surface area contributed by atoms with Gasteiger partial charge < -0.3 is 10.6 Å². The number of nitriles is 2. The minimum atomic E-state index is -0.546. The van der Waals surface area contributed by atoms with E-state index in [9.17, 15) is 4.79 Å². The van der Waals surface area contributed by atoms with Crippen molar-refractivity contribution in [2.24, 2.45) is 0 Å². The van der Waals surface area contributed by atoms with Crippen LogP contribution < -0.4 is 10.6 Å². The van der Waals surface area contributed by atoms with Gasteiger partial charge in [-0.05, 0) is 24.3 Å². The topological polar surface area (TPSA) is 105 Å². The van der Waals surface area contributed by atoms with E-state index in [1.54, 1.807) is 36.6 Å². The van der Waals surface area contributed by atoms with Crippen LogP contribution >= 0.6 is 0 Å². The van der Waals surface area contributed by atoms with Crippen molar-refractivity contribution in [2.45, 2.75) is 6.04 Å². The molecule has 0 aromatic carbocycles. The van der Waals surface area contributed by atoms with Gasteiger partial charge in [-0.3, -0.25) is 9.69 Å². The van der Waals surface area contributed by atoms with E-state index in [0.29, 0.717) is 24.5 Å². The van der Waals surface area contributed by atoms with Crippen molar-refractivity contribution in [1.29, 1.82) is 10.5 Å². The van der Waals surface area contributed by atoms with Gasteiger partial charge in [-0.25, -0.2) is 4.98 Å². The standard InChI is InChI=1S/C16H16N6O/c17-9-13-4-5-15(21-11-13)20-7-6-19-12-16(23)22-8-2-1-3-14(22)10-18/h1-5,8,11,14,19H,6-7,12H2,(H,20,21)/t14-/m0/s1. The van der Waals surface area contributed by atoms with Gasteiger partial charge in [0.15, 0.2) is 0 Å². The molecule has 0 saturated carbocycles. The molecule has 1 aliphatic heterocycles. The molecule has 0 fully saturated rings. The molecule has 0 bridgehead atoms. The third-order valence-corrected chi connectivity index (χ3v) is 3.15. The molecule has 0 saturated heterocycles. The predicted molar refractivity (Wildman–Crippen MR) is 84.8 cm³/mol. The predicted octanol–water partition coefficient (Wildman–Crippen LogP) is 0.759. The van der Waals surface area contributed by atoms with Crippen LogP contribution in [0.15, 0.2) is 42.8 Å². The van der Waals surface area contributed by atoms with Crippen molar-refractivity contribution >= 4 is 11.7 Å². The molecule has 1 aliphatic rings. The highest BCUT2D eigenvalue weighted by Crippen LogP contribution is 2.07. The third-order valence-electron chi connectivity index (χ3n) is 3.15. The molecule has 2 heterocycles. The second kappa shape index (κ2) is 8.32. The van der Waals surface area contributed by atoms with Crippen LogP contribution in [-0.2, 0) is 4.79 Å². The Bertz CT molecular complexity index is 680. The first-order valence-corrected chi connectivity index (χ1v) is 7.11. The lowest BCUT2D eigenvalue weighted by Gasteiger charge is -2.23. The molecule has 0 unspecified atom stereocenters. The van der Waals surface area contributed by atoms with Gasteiger partial charge in [0.1, 0.15) is 17.9 Å². The van der Waals surface area contributed by atoms with Crippen molar-refractivity contribution in [3.05, 3.63) is 48.3 Å². The fraction of sp³-hybridized carbons (Fsp3) is 0.250. The molecule has 0 radical (unpaired) electrons. The highest BCUT2D eigenvalue weighted by molar-refractivity contribution is 5.80. The van der Waals surface area contributed by atoms with E-state index in [2.05, 4.69) is 21.7 Å². The van der Waals surface area contributed by atoms with E-state index in [4.69, 9.17) is 10.5 Å². The van der Waals surface area contributed by atoms with Crippen molar-refractivity contribution < 1.29 is 4.79 Å². The van der Waals surface area contributed by atoms with Gasteiger partial charge in [0, 0.05) is 25.5 Å². The van der Waals surface area contributed by atoms with E-state index in [1.165, 1.54) is 11.1 Å². The van der Waals surface area contributed by atoms with Crippen LogP contribution in [0.1, 0.15) is 5.56 Å². The fourth-order valence-corrected chi connectivity index (χ4v) is 1.97. The molecule has 116 valence electrons. The Morgan fingerprint density at radius 3 is 2.87 bits per heavy atom. The average Bonchev–Trinajstić information content (AvgIpc) is 2.61. The quantitative estimate of drug-likeness (QED) is 0.752. The molecule has 0 aliphatic carbocycles. The van der Waals surface area contributed by atoms with Crippen LogP contribution in [0.2, 0.25) is 0 Å². The van der Waals surface area contributed by atoms with Gasteiger partial charge in [0.25, 0.3) is 0 Å². The molecule has 1 atom stereocenters. The Balaban J connectivity index is 1.68. The number of nitrogens with zero attached hydrogens (tertiary/aromatic N) is 4. The number of allylic oxidation sites excluding steroid dienone is 2. The monoisotopic (exact) mass is 308 g/mol. The van der Waals surface area contributed by atoms with Gasteiger partial charge >= 0.3 is 0 Å². The molecule has 2 N–H and O–H groups in total. The highest BCUT2D eigenvalue weighted by atomic mass is 16.2. The number of hydrogen-bond donors (Lipinski definition) is 2. The summed E-state index contributed by atoms with van der Waals surface area (Å²) in [6.45, 7) is 1.31. The van der Waals surface area contributed by atoms with Gasteiger partial charge in [0.05, 0.1) is 18.2 Å². The zero-order valence-electron chi connectivity index (χ0n) is 12.4. The van der Waals surface area contributed by atoms with E-state index >= 15 is 0 Å². The molecule has 1 aromatic rings. The molecule has 7 heteroatoms. The van der Waals surface area contributed by atoms with E-state index in [0.717, 1.165) is 0 Å². The lowest BCUT2D eigenvalue weighted by Crippen LogP contribution is -2.41. The minimum absolute atomic E-state index is 0.152. The molecule has 7 nitrogen and oxygen atoms in total. The summed E-state index contributed by atoms with van der Waals surface area (Å²) in [5, 5.41) is 23.8. The van der Waals surface area contributed by atoms with Crippen LogP contribution in [-0.4, -0.2) is 41.5 Å². The number of aromatic nitrogens is 1. The summed E-state index contributed by atoms with van der Waals surface area (Å²) in [5.41, 5.74) is 0.509. The first-order valence-electron chi connectivity index (χ1n) is 7.11. The first kappa shape index (κ1) is 16.2. The average molecular weight is 308 g/mol. The Morgan fingerprint density at radius 2 is 2.17 bits per heavy atom. The van der Waals surface area contributed by atoms with Gasteiger partial charge in [-0.15, -0.1) is 0 Å². The third kappa shape index (κ3) is 4.67. The smallest absolute Gasteiger partial charge is 0.241 e. The zero-order chi connectivity index (χ0) is 16.5. The second-order valence-corrected chi connectivity index (χ2v) is 4.75. The van der Waals surface area contributed by atoms with Crippen molar-refractivity contribution in [2.75, 3.05) is 25.0 Å². The molecule has 1 aromatic heterocycles.